The first-order valence-electron chi connectivity index (χ1n) is 9.55. The molecule has 0 unspecified atom stereocenters. The zero-order valence-electron chi connectivity index (χ0n) is 17.0. The van der Waals surface area contributed by atoms with Crippen molar-refractivity contribution in [1.82, 2.24) is 4.57 Å². The molecule has 0 fully saturated rings. The summed E-state index contributed by atoms with van der Waals surface area (Å²) in [6.07, 6.45) is -3.02. The van der Waals surface area contributed by atoms with Crippen LogP contribution in [0.1, 0.15) is 34.4 Å². The Balaban J connectivity index is 1.91. The Labute approximate surface area is 176 Å². The fraction of sp³-hybridized carbons (Fsp3) is 0.261. The Morgan fingerprint density at radius 3 is 2.48 bits per heavy atom. The molecule has 1 aromatic heterocycles. The highest BCUT2D eigenvalue weighted by molar-refractivity contribution is 5.67. The van der Waals surface area contributed by atoms with E-state index in [1.165, 1.54) is 29.0 Å². The highest BCUT2D eigenvalue weighted by Crippen LogP contribution is 2.35. The molecule has 1 heterocycles. The van der Waals surface area contributed by atoms with E-state index in [1.54, 1.807) is 19.1 Å². The van der Waals surface area contributed by atoms with E-state index in [4.69, 9.17) is 9.84 Å². The van der Waals surface area contributed by atoms with Gasteiger partial charge in [0.2, 0.25) is 0 Å². The number of aliphatic carboxylic acids is 1. The van der Waals surface area contributed by atoms with Gasteiger partial charge in [0, 0.05) is 18.3 Å². The number of ether oxygens (including phenoxy) is 1. The topological polar surface area (TPSA) is 51.5 Å². The van der Waals surface area contributed by atoms with E-state index >= 15 is 0 Å². The molecule has 3 aromatic rings. The van der Waals surface area contributed by atoms with Crippen LogP contribution in [0.2, 0.25) is 0 Å². The molecule has 164 valence electrons. The standard InChI is InChI=1S/C23H21F4NO3/c1-14-15(2)21(8-6-16(14)7-9-22(29)30)31-13-20-19(23(25,26)27)10-11-28(20)18-5-3-4-17(24)12-18/h3-6,8,10-12H,7,9,13H2,1-2H3,(H,29,30). The summed E-state index contributed by atoms with van der Waals surface area (Å²) in [4.78, 5) is 10.8. The van der Waals surface area contributed by atoms with Gasteiger partial charge in [-0.25, -0.2) is 4.39 Å². The van der Waals surface area contributed by atoms with Crippen LogP contribution in [0.3, 0.4) is 0 Å². The van der Waals surface area contributed by atoms with Crippen LogP contribution >= 0.6 is 0 Å². The van der Waals surface area contributed by atoms with Crippen LogP contribution < -0.4 is 4.74 Å². The van der Waals surface area contributed by atoms with E-state index in [0.717, 1.165) is 28.8 Å². The molecule has 0 aliphatic carbocycles. The average Bonchev–Trinajstić information content (AvgIpc) is 3.12. The van der Waals surface area contributed by atoms with Crippen molar-refractivity contribution in [2.75, 3.05) is 0 Å². The molecule has 0 saturated carbocycles. The number of carboxylic acids is 1. The number of rotatable bonds is 7. The molecular weight excluding hydrogens is 414 g/mol. The molecule has 0 bridgehead atoms. The van der Waals surface area contributed by atoms with Gasteiger partial charge in [0.25, 0.3) is 0 Å². The first kappa shape index (κ1) is 22.4. The molecule has 0 amide bonds. The van der Waals surface area contributed by atoms with Gasteiger partial charge in [0.1, 0.15) is 18.2 Å². The monoisotopic (exact) mass is 435 g/mol. The second-order valence-corrected chi connectivity index (χ2v) is 7.18. The number of hydrogen-bond acceptors (Lipinski definition) is 2. The zero-order valence-corrected chi connectivity index (χ0v) is 17.0. The molecule has 31 heavy (non-hydrogen) atoms. The van der Waals surface area contributed by atoms with Gasteiger partial charge >= 0.3 is 12.1 Å². The number of aromatic nitrogens is 1. The van der Waals surface area contributed by atoms with Crippen LogP contribution in [0.25, 0.3) is 5.69 Å². The van der Waals surface area contributed by atoms with Crippen LogP contribution in [-0.4, -0.2) is 15.6 Å². The molecule has 0 aliphatic heterocycles. The third-order valence-electron chi connectivity index (χ3n) is 5.21. The predicted octanol–water partition coefficient (Wildman–Crippen LogP) is 5.85. The Kier molecular flexibility index (Phi) is 6.38. The maximum Gasteiger partial charge on any atom is 0.418 e. The predicted molar refractivity (Wildman–Crippen MR) is 107 cm³/mol. The second kappa shape index (κ2) is 8.83. The van der Waals surface area contributed by atoms with Crippen molar-refractivity contribution >= 4 is 5.97 Å². The van der Waals surface area contributed by atoms with Crippen LogP contribution in [0, 0.1) is 19.7 Å². The second-order valence-electron chi connectivity index (χ2n) is 7.18. The molecule has 8 heteroatoms. The van der Waals surface area contributed by atoms with Gasteiger partial charge in [0.05, 0.1) is 11.3 Å². The van der Waals surface area contributed by atoms with E-state index in [1.807, 2.05) is 6.92 Å². The number of aryl methyl sites for hydroxylation is 1. The van der Waals surface area contributed by atoms with Gasteiger partial charge in [-0.15, -0.1) is 0 Å². The lowest BCUT2D eigenvalue weighted by Gasteiger charge is -2.17. The van der Waals surface area contributed by atoms with Crippen molar-refractivity contribution in [3.05, 3.63) is 82.4 Å². The minimum absolute atomic E-state index is 0.0173. The molecule has 0 aliphatic rings. The fourth-order valence-corrected chi connectivity index (χ4v) is 3.41. The quantitative estimate of drug-likeness (QED) is 0.474. The first-order valence-corrected chi connectivity index (χ1v) is 9.55. The van der Waals surface area contributed by atoms with Crippen molar-refractivity contribution in [1.29, 1.82) is 0 Å². The third-order valence-corrected chi connectivity index (χ3v) is 5.21. The van der Waals surface area contributed by atoms with Gasteiger partial charge in [-0.1, -0.05) is 12.1 Å². The van der Waals surface area contributed by atoms with Crippen molar-refractivity contribution in [2.45, 2.75) is 39.5 Å². The number of alkyl halides is 3. The van der Waals surface area contributed by atoms with Crippen molar-refractivity contribution in [3.8, 4) is 11.4 Å². The van der Waals surface area contributed by atoms with E-state index in [2.05, 4.69) is 0 Å². The van der Waals surface area contributed by atoms with Crippen molar-refractivity contribution in [3.63, 3.8) is 0 Å². The minimum Gasteiger partial charge on any atom is -0.487 e. The minimum atomic E-state index is -4.59. The molecule has 4 nitrogen and oxygen atoms in total. The average molecular weight is 435 g/mol. The molecule has 0 spiro atoms. The summed E-state index contributed by atoms with van der Waals surface area (Å²) in [7, 11) is 0. The van der Waals surface area contributed by atoms with E-state index in [0.29, 0.717) is 12.2 Å². The summed E-state index contributed by atoms with van der Waals surface area (Å²) in [6, 6.07) is 9.59. The summed E-state index contributed by atoms with van der Waals surface area (Å²) >= 11 is 0. The number of halogens is 4. The highest BCUT2D eigenvalue weighted by Gasteiger charge is 2.35. The Morgan fingerprint density at radius 2 is 1.84 bits per heavy atom. The smallest absolute Gasteiger partial charge is 0.418 e. The lowest BCUT2D eigenvalue weighted by atomic mass is 9.99. The number of carboxylic acid groups (broad SMARTS) is 1. The Morgan fingerprint density at radius 1 is 1.10 bits per heavy atom. The third kappa shape index (κ3) is 5.07. The number of nitrogens with zero attached hydrogens (tertiary/aromatic N) is 1. The molecule has 2 aromatic carbocycles. The first-order chi connectivity index (χ1) is 14.6. The molecular formula is C23H21F4NO3. The van der Waals surface area contributed by atoms with Gasteiger partial charge in [-0.05, 0) is 67.3 Å². The van der Waals surface area contributed by atoms with E-state index in [-0.39, 0.29) is 24.4 Å². The summed E-state index contributed by atoms with van der Waals surface area (Å²) < 4.78 is 61.2. The van der Waals surface area contributed by atoms with Gasteiger partial charge in [-0.2, -0.15) is 13.2 Å². The Hall–Kier alpha value is -3.29. The highest BCUT2D eigenvalue weighted by atomic mass is 19.4. The normalized spacial score (nSPS) is 11.5. The van der Waals surface area contributed by atoms with Gasteiger partial charge in [-0.3, -0.25) is 4.79 Å². The lowest BCUT2D eigenvalue weighted by Crippen LogP contribution is -2.13. The maximum absolute atomic E-state index is 13.6. The maximum atomic E-state index is 13.6. The lowest BCUT2D eigenvalue weighted by molar-refractivity contribution is -0.139. The number of hydrogen-bond donors (Lipinski definition) is 1. The van der Waals surface area contributed by atoms with Crippen LogP contribution in [-0.2, 0) is 24.0 Å². The summed E-state index contributed by atoms with van der Waals surface area (Å²) in [5, 5.41) is 8.87. The van der Waals surface area contributed by atoms with Crippen LogP contribution in [0.4, 0.5) is 17.6 Å². The number of carbonyl (C=O) groups is 1. The zero-order chi connectivity index (χ0) is 22.8. The van der Waals surface area contributed by atoms with E-state index < -0.39 is 23.5 Å². The SMILES string of the molecule is Cc1c(CCC(=O)O)ccc(OCc2c(C(F)(F)F)ccn2-c2cccc(F)c2)c1C. The van der Waals surface area contributed by atoms with E-state index in [9.17, 15) is 22.4 Å². The summed E-state index contributed by atoms with van der Waals surface area (Å²) in [5.74, 6) is -1.07. The largest absolute Gasteiger partial charge is 0.487 e. The van der Waals surface area contributed by atoms with Gasteiger partial charge in [0.15, 0.2) is 0 Å². The molecule has 0 atom stereocenters. The van der Waals surface area contributed by atoms with Crippen LogP contribution in [0.15, 0.2) is 48.7 Å². The van der Waals surface area contributed by atoms with Crippen molar-refractivity contribution in [2.24, 2.45) is 0 Å². The molecule has 3 rings (SSSR count). The number of benzene rings is 2. The van der Waals surface area contributed by atoms with Crippen LogP contribution in [0.5, 0.6) is 5.75 Å². The van der Waals surface area contributed by atoms with Gasteiger partial charge < -0.3 is 14.4 Å². The molecule has 0 radical (unpaired) electrons. The Bertz CT molecular complexity index is 1100. The molecule has 1 N–H and O–H groups in total. The fourth-order valence-electron chi connectivity index (χ4n) is 3.41. The molecule has 0 saturated heterocycles. The summed E-state index contributed by atoms with van der Waals surface area (Å²) in [6.45, 7) is 3.20. The van der Waals surface area contributed by atoms with Crippen molar-refractivity contribution < 1.29 is 32.2 Å². The summed E-state index contributed by atoms with van der Waals surface area (Å²) in [5.41, 5.74) is 1.64.